The molecule has 1 aromatic heterocycles. The molecule has 0 radical (unpaired) electrons. The van der Waals surface area contributed by atoms with Crippen molar-refractivity contribution in [3.8, 4) is 0 Å². The molecule has 0 bridgehead atoms. The molecular weight excluding hydrogens is 388 g/mol. The minimum atomic E-state index is -0.865. The standard InChI is InChI=1S/C23H17ClN2O3/c1-14-8-10-15(11-9-14)21(27)19-20(18-7-2-3-12-25-18)26(23(29)22(19)28)17-6-4-5-16(24)13-17/h2-13,20,27H,1H3/b21-19+. The number of rotatable bonds is 3. The fourth-order valence-corrected chi connectivity index (χ4v) is 3.59. The molecule has 1 N–H and O–H groups in total. The summed E-state index contributed by atoms with van der Waals surface area (Å²) in [6, 6.07) is 18.1. The highest BCUT2D eigenvalue weighted by Gasteiger charge is 2.47. The lowest BCUT2D eigenvalue weighted by Crippen LogP contribution is -2.29. The zero-order chi connectivity index (χ0) is 20.5. The number of aliphatic hydroxyl groups is 1. The first-order valence-electron chi connectivity index (χ1n) is 9.02. The Kier molecular flexibility index (Phi) is 4.91. The molecule has 0 spiro atoms. The van der Waals surface area contributed by atoms with Gasteiger partial charge in [0.05, 0.1) is 11.3 Å². The van der Waals surface area contributed by atoms with Crippen LogP contribution in [0.15, 0.2) is 78.5 Å². The molecule has 1 saturated heterocycles. The third-order valence-electron chi connectivity index (χ3n) is 4.82. The lowest BCUT2D eigenvalue weighted by molar-refractivity contribution is -0.132. The van der Waals surface area contributed by atoms with Gasteiger partial charge in [-0.05, 0) is 37.3 Å². The van der Waals surface area contributed by atoms with Gasteiger partial charge in [0, 0.05) is 22.5 Å². The molecule has 4 rings (SSSR count). The summed E-state index contributed by atoms with van der Waals surface area (Å²) < 4.78 is 0. The van der Waals surface area contributed by atoms with E-state index >= 15 is 0 Å². The lowest BCUT2D eigenvalue weighted by Gasteiger charge is -2.24. The molecule has 1 aliphatic rings. The van der Waals surface area contributed by atoms with Crippen LogP contribution in [-0.2, 0) is 9.59 Å². The summed E-state index contributed by atoms with van der Waals surface area (Å²) >= 11 is 6.11. The number of nitrogens with zero attached hydrogens (tertiary/aromatic N) is 2. The summed E-state index contributed by atoms with van der Waals surface area (Å²) in [5.74, 6) is -1.74. The van der Waals surface area contributed by atoms with Crippen molar-refractivity contribution >= 4 is 34.7 Å². The van der Waals surface area contributed by atoms with E-state index in [2.05, 4.69) is 4.98 Å². The number of benzene rings is 2. The second-order valence-corrected chi connectivity index (χ2v) is 7.21. The van der Waals surface area contributed by atoms with Gasteiger partial charge in [0.1, 0.15) is 11.8 Å². The number of aryl methyl sites for hydroxylation is 1. The zero-order valence-corrected chi connectivity index (χ0v) is 16.3. The quantitative estimate of drug-likeness (QED) is 0.391. The number of anilines is 1. The number of hydrogen-bond acceptors (Lipinski definition) is 4. The first kappa shape index (κ1) is 18.9. The predicted molar refractivity (Wildman–Crippen MR) is 112 cm³/mol. The first-order valence-corrected chi connectivity index (χ1v) is 9.39. The summed E-state index contributed by atoms with van der Waals surface area (Å²) in [6.45, 7) is 1.93. The van der Waals surface area contributed by atoms with Crippen molar-refractivity contribution in [1.82, 2.24) is 4.98 Å². The summed E-state index contributed by atoms with van der Waals surface area (Å²) in [6.07, 6.45) is 1.58. The normalized spacial score (nSPS) is 18.3. The zero-order valence-electron chi connectivity index (χ0n) is 15.5. The molecule has 1 unspecified atom stereocenters. The Balaban J connectivity index is 1.94. The summed E-state index contributed by atoms with van der Waals surface area (Å²) in [7, 11) is 0. The monoisotopic (exact) mass is 404 g/mol. The molecule has 1 atom stereocenters. The number of pyridine rings is 1. The van der Waals surface area contributed by atoms with E-state index in [1.807, 2.05) is 19.1 Å². The maximum absolute atomic E-state index is 13.0. The second kappa shape index (κ2) is 7.53. The highest BCUT2D eigenvalue weighted by molar-refractivity contribution is 6.51. The number of aromatic nitrogens is 1. The fraction of sp³-hybridized carbons (Fsp3) is 0.0870. The minimum Gasteiger partial charge on any atom is -0.507 e. The maximum Gasteiger partial charge on any atom is 0.300 e. The van der Waals surface area contributed by atoms with E-state index in [0.29, 0.717) is 22.0 Å². The Morgan fingerprint density at radius 3 is 2.45 bits per heavy atom. The van der Waals surface area contributed by atoms with Crippen molar-refractivity contribution < 1.29 is 14.7 Å². The third-order valence-corrected chi connectivity index (χ3v) is 5.06. The van der Waals surface area contributed by atoms with Crippen LogP contribution in [0.1, 0.15) is 22.9 Å². The molecule has 1 amide bonds. The summed E-state index contributed by atoms with van der Waals surface area (Å²) in [5, 5.41) is 11.4. The Hall–Kier alpha value is -3.44. The number of amides is 1. The van der Waals surface area contributed by atoms with Crippen molar-refractivity contribution in [3.05, 3.63) is 100 Å². The van der Waals surface area contributed by atoms with E-state index in [4.69, 9.17) is 11.6 Å². The number of carbonyl (C=O) groups excluding carboxylic acids is 2. The van der Waals surface area contributed by atoms with E-state index < -0.39 is 17.7 Å². The third kappa shape index (κ3) is 3.41. The molecule has 144 valence electrons. The fourth-order valence-electron chi connectivity index (χ4n) is 3.41. The van der Waals surface area contributed by atoms with E-state index in [0.717, 1.165) is 5.56 Å². The largest absolute Gasteiger partial charge is 0.507 e. The van der Waals surface area contributed by atoms with Crippen LogP contribution in [0.4, 0.5) is 5.69 Å². The summed E-state index contributed by atoms with van der Waals surface area (Å²) in [4.78, 5) is 31.6. The Morgan fingerprint density at radius 1 is 1.03 bits per heavy atom. The number of aliphatic hydroxyl groups excluding tert-OH is 1. The molecule has 1 aliphatic heterocycles. The van der Waals surface area contributed by atoms with Crippen molar-refractivity contribution in [3.63, 3.8) is 0 Å². The van der Waals surface area contributed by atoms with Gasteiger partial charge in [0.25, 0.3) is 11.7 Å². The van der Waals surface area contributed by atoms with Gasteiger partial charge in [-0.3, -0.25) is 19.5 Å². The van der Waals surface area contributed by atoms with Crippen LogP contribution < -0.4 is 4.90 Å². The molecule has 2 heterocycles. The van der Waals surface area contributed by atoms with Crippen molar-refractivity contribution in [2.75, 3.05) is 4.90 Å². The molecule has 6 heteroatoms. The Labute approximate surface area is 172 Å². The first-order chi connectivity index (χ1) is 14.0. The van der Waals surface area contributed by atoms with E-state index in [1.54, 1.807) is 60.8 Å². The molecule has 5 nitrogen and oxygen atoms in total. The number of hydrogen-bond donors (Lipinski definition) is 1. The van der Waals surface area contributed by atoms with Gasteiger partial charge < -0.3 is 5.11 Å². The molecule has 0 saturated carbocycles. The van der Waals surface area contributed by atoms with Crippen LogP contribution in [0.25, 0.3) is 5.76 Å². The van der Waals surface area contributed by atoms with E-state index in [-0.39, 0.29) is 11.3 Å². The van der Waals surface area contributed by atoms with Gasteiger partial charge in [-0.2, -0.15) is 0 Å². The predicted octanol–water partition coefficient (Wildman–Crippen LogP) is 4.67. The topological polar surface area (TPSA) is 70.5 Å². The van der Waals surface area contributed by atoms with Gasteiger partial charge in [-0.25, -0.2) is 0 Å². The van der Waals surface area contributed by atoms with Crippen LogP contribution in [0.5, 0.6) is 0 Å². The molecular formula is C23H17ClN2O3. The molecule has 0 aliphatic carbocycles. The SMILES string of the molecule is Cc1ccc(/C(O)=C2\C(=O)C(=O)N(c3cccc(Cl)c3)C2c2ccccn2)cc1. The molecule has 29 heavy (non-hydrogen) atoms. The van der Waals surface area contributed by atoms with Gasteiger partial charge in [0.2, 0.25) is 0 Å². The smallest absolute Gasteiger partial charge is 0.300 e. The Bertz CT molecular complexity index is 1120. The molecule has 3 aromatic rings. The van der Waals surface area contributed by atoms with E-state index in [9.17, 15) is 14.7 Å². The van der Waals surface area contributed by atoms with Crippen molar-refractivity contribution in [1.29, 1.82) is 0 Å². The van der Waals surface area contributed by atoms with Crippen LogP contribution in [0, 0.1) is 6.92 Å². The van der Waals surface area contributed by atoms with Gasteiger partial charge >= 0.3 is 0 Å². The van der Waals surface area contributed by atoms with Crippen LogP contribution in [-0.4, -0.2) is 21.8 Å². The second-order valence-electron chi connectivity index (χ2n) is 6.77. The molecule has 1 fully saturated rings. The molecule has 2 aromatic carbocycles. The number of carbonyl (C=O) groups is 2. The van der Waals surface area contributed by atoms with Gasteiger partial charge in [0.15, 0.2) is 0 Å². The number of halogens is 1. The lowest BCUT2D eigenvalue weighted by atomic mass is 9.98. The van der Waals surface area contributed by atoms with Crippen molar-refractivity contribution in [2.24, 2.45) is 0 Å². The van der Waals surface area contributed by atoms with E-state index in [1.165, 1.54) is 4.90 Å². The average Bonchev–Trinajstić information content (AvgIpc) is 2.99. The van der Waals surface area contributed by atoms with Crippen LogP contribution in [0.2, 0.25) is 5.02 Å². The number of Topliss-reactive ketones (excluding diaryl/α,β-unsaturated/α-hetero) is 1. The minimum absolute atomic E-state index is 0.00229. The number of ketones is 1. The highest BCUT2D eigenvalue weighted by atomic mass is 35.5. The van der Waals surface area contributed by atoms with Crippen LogP contribution in [0.3, 0.4) is 0 Å². The van der Waals surface area contributed by atoms with Gasteiger partial charge in [-0.1, -0.05) is 53.6 Å². The average molecular weight is 405 g/mol. The van der Waals surface area contributed by atoms with Crippen LogP contribution >= 0.6 is 11.6 Å². The summed E-state index contributed by atoms with van der Waals surface area (Å²) in [5.41, 5.74) is 2.40. The Morgan fingerprint density at radius 2 is 1.79 bits per heavy atom. The highest BCUT2D eigenvalue weighted by Crippen LogP contribution is 2.41. The maximum atomic E-state index is 13.0. The van der Waals surface area contributed by atoms with Crippen molar-refractivity contribution in [2.45, 2.75) is 13.0 Å². The van der Waals surface area contributed by atoms with Gasteiger partial charge in [-0.15, -0.1) is 0 Å².